The fraction of sp³-hybridized carbons (Fsp3) is 0.278. The molecule has 0 atom stereocenters. The van der Waals surface area contributed by atoms with Crippen molar-refractivity contribution in [3.8, 4) is 0 Å². The first-order valence-electron chi connectivity index (χ1n) is 8.02. The van der Waals surface area contributed by atoms with E-state index in [4.69, 9.17) is 5.73 Å². The number of carbonyl (C=O) groups excluding carboxylic acids is 1. The van der Waals surface area contributed by atoms with E-state index >= 15 is 0 Å². The molecule has 0 aromatic heterocycles. The van der Waals surface area contributed by atoms with Gasteiger partial charge in [0.05, 0.1) is 4.90 Å². The number of hydrogen-bond acceptors (Lipinski definition) is 4. The molecule has 0 saturated carbocycles. The van der Waals surface area contributed by atoms with Crippen LogP contribution in [-0.2, 0) is 10.0 Å². The summed E-state index contributed by atoms with van der Waals surface area (Å²) in [4.78, 5) is 12.2. The van der Waals surface area contributed by atoms with Gasteiger partial charge in [-0.25, -0.2) is 8.42 Å². The molecule has 0 heterocycles. The Labute approximate surface area is 148 Å². The van der Waals surface area contributed by atoms with E-state index in [2.05, 4.69) is 10.0 Å². The fourth-order valence-corrected chi connectivity index (χ4v) is 3.69. The van der Waals surface area contributed by atoms with Crippen LogP contribution in [0.3, 0.4) is 0 Å². The van der Waals surface area contributed by atoms with E-state index in [9.17, 15) is 13.2 Å². The molecule has 0 spiro atoms. The molecule has 0 bridgehead atoms. The molecular weight excluding hydrogens is 338 g/mol. The number of sulfonamides is 1. The van der Waals surface area contributed by atoms with Gasteiger partial charge in [-0.15, -0.1) is 0 Å². The van der Waals surface area contributed by atoms with Gasteiger partial charge in [0.2, 0.25) is 0 Å². The normalized spacial score (nSPS) is 11.2. The summed E-state index contributed by atoms with van der Waals surface area (Å²) in [5.74, 6) is -0.211. The van der Waals surface area contributed by atoms with Crippen molar-refractivity contribution in [1.29, 1.82) is 0 Å². The van der Waals surface area contributed by atoms with Crippen molar-refractivity contribution in [2.24, 2.45) is 5.73 Å². The van der Waals surface area contributed by atoms with Crippen molar-refractivity contribution in [2.45, 2.75) is 25.2 Å². The first kappa shape index (κ1) is 19.0. The minimum Gasteiger partial charge on any atom is -0.352 e. The van der Waals surface area contributed by atoms with Crippen molar-refractivity contribution < 1.29 is 13.2 Å². The molecule has 0 aliphatic heterocycles. The first-order valence-corrected chi connectivity index (χ1v) is 9.50. The molecule has 25 heavy (non-hydrogen) atoms. The number of amides is 1. The second kappa shape index (κ2) is 8.13. The summed E-state index contributed by atoms with van der Waals surface area (Å²) in [6.45, 7) is 4.62. The van der Waals surface area contributed by atoms with Crippen LogP contribution in [0.2, 0.25) is 0 Å². The maximum absolute atomic E-state index is 12.6. The average molecular weight is 361 g/mol. The van der Waals surface area contributed by atoms with Crippen LogP contribution < -0.4 is 15.8 Å². The molecule has 2 aromatic carbocycles. The number of carbonyl (C=O) groups is 1. The molecule has 7 heteroatoms. The summed E-state index contributed by atoms with van der Waals surface area (Å²) < 4.78 is 27.7. The molecule has 0 radical (unpaired) electrons. The van der Waals surface area contributed by atoms with E-state index in [0.29, 0.717) is 36.3 Å². The molecule has 2 rings (SSSR count). The molecule has 1 amide bonds. The van der Waals surface area contributed by atoms with Gasteiger partial charge < -0.3 is 11.1 Å². The zero-order valence-electron chi connectivity index (χ0n) is 14.4. The third-order valence-corrected chi connectivity index (χ3v) is 5.22. The molecule has 2 aromatic rings. The van der Waals surface area contributed by atoms with Crippen molar-refractivity contribution in [3.05, 3.63) is 59.2 Å². The van der Waals surface area contributed by atoms with Gasteiger partial charge in [-0.1, -0.05) is 12.1 Å². The molecule has 6 nitrogen and oxygen atoms in total. The van der Waals surface area contributed by atoms with E-state index in [1.54, 1.807) is 43.3 Å². The molecule has 134 valence electrons. The standard InChI is InChI=1S/C18H23N3O3S/c1-13-4-5-14(2)17(12-13)25(23,24)21-16-8-6-15(7-9-16)18(22)20-11-3-10-19/h4-9,12,21H,3,10-11,19H2,1-2H3,(H,20,22). The van der Waals surface area contributed by atoms with Gasteiger partial charge in [0, 0.05) is 17.8 Å². The van der Waals surface area contributed by atoms with Crippen LogP contribution in [0.4, 0.5) is 5.69 Å². The third kappa shape index (κ3) is 5.04. The Morgan fingerprint density at radius 1 is 1.08 bits per heavy atom. The van der Waals surface area contributed by atoms with Crippen molar-refractivity contribution in [3.63, 3.8) is 0 Å². The number of anilines is 1. The summed E-state index contributed by atoms with van der Waals surface area (Å²) in [5, 5.41) is 2.75. The number of nitrogens with two attached hydrogens (primary N) is 1. The quantitative estimate of drug-likeness (QED) is 0.658. The van der Waals surface area contributed by atoms with E-state index in [1.807, 2.05) is 13.0 Å². The summed E-state index contributed by atoms with van der Waals surface area (Å²) in [6.07, 6.45) is 0.708. The summed E-state index contributed by atoms with van der Waals surface area (Å²) in [5.41, 5.74) is 7.80. The number of aryl methyl sites for hydroxylation is 2. The van der Waals surface area contributed by atoms with Crippen LogP contribution in [0.25, 0.3) is 0 Å². The van der Waals surface area contributed by atoms with Crippen LogP contribution in [0.5, 0.6) is 0 Å². The smallest absolute Gasteiger partial charge is 0.262 e. The fourth-order valence-electron chi connectivity index (χ4n) is 2.30. The van der Waals surface area contributed by atoms with Gasteiger partial charge in [-0.05, 0) is 68.3 Å². The van der Waals surface area contributed by atoms with Crippen LogP contribution >= 0.6 is 0 Å². The van der Waals surface area contributed by atoms with E-state index in [-0.39, 0.29) is 10.8 Å². The number of nitrogens with one attached hydrogen (secondary N) is 2. The second-order valence-electron chi connectivity index (χ2n) is 5.85. The number of benzene rings is 2. The zero-order chi connectivity index (χ0) is 18.4. The minimum atomic E-state index is -3.68. The molecule has 0 unspecified atom stereocenters. The molecule has 4 N–H and O–H groups in total. The molecule has 0 aliphatic rings. The maximum atomic E-state index is 12.6. The van der Waals surface area contributed by atoms with Crippen molar-refractivity contribution >= 4 is 21.6 Å². The van der Waals surface area contributed by atoms with E-state index in [0.717, 1.165) is 5.56 Å². The Kier molecular flexibility index (Phi) is 6.17. The highest BCUT2D eigenvalue weighted by Crippen LogP contribution is 2.21. The maximum Gasteiger partial charge on any atom is 0.262 e. The van der Waals surface area contributed by atoms with Gasteiger partial charge in [-0.3, -0.25) is 9.52 Å². The minimum absolute atomic E-state index is 0.211. The van der Waals surface area contributed by atoms with Crippen molar-refractivity contribution in [2.75, 3.05) is 17.8 Å². The average Bonchev–Trinajstić information content (AvgIpc) is 2.57. The number of hydrogen-bond donors (Lipinski definition) is 3. The Morgan fingerprint density at radius 2 is 1.76 bits per heavy atom. The molecule has 0 saturated heterocycles. The van der Waals surface area contributed by atoms with Crippen LogP contribution in [-0.4, -0.2) is 27.4 Å². The molecule has 0 aliphatic carbocycles. The Hall–Kier alpha value is -2.38. The summed E-state index contributed by atoms with van der Waals surface area (Å²) in [7, 11) is -3.68. The highest BCUT2D eigenvalue weighted by atomic mass is 32.2. The lowest BCUT2D eigenvalue weighted by Gasteiger charge is -2.11. The van der Waals surface area contributed by atoms with Gasteiger partial charge >= 0.3 is 0 Å². The largest absolute Gasteiger partial charge is 0.352 e. The Bertz CT molecular complexity index is 846. The monoisotopic (exact) mass is 361 g/mol. The highest BCUT2D eigenvalue weighted by molar-refractivity contribution is 7.92. The third-order valence-electron chi connectivity index (χ3n) is 3.70. The van der Waals surface area contributed by atoms with Gasteiger partial charge in [0.15, 0.2) is 0 Å². The lowest BCUT2D eigenvalue weighted by atomic mass is 10.2. The highest BCUT2D eigenvalue weighted by Gasteiger charge is 2.17. The van der Waals surface area contributed by atoms with E-state index in [1.165, 1.54) is 0 Å². The Morgan fingerprint density at radius 3 is 2.40 bits per heavy atom. The first-order chi connectivity index (χ1) is 11.8. The van der Waals surface area contributed by atoms with Crippen LogP contribution in [0.1, 0.15) is 27.9 Å². The SMILES string of the molecule is Cc1ccc(C)c(S(=O)(=O)Nc2ccc(C(=O)NCCCN)cc2)c1. The molecular formula is C18H23N3O3S. The van der Waals surface area contributed by atoms with Crippen LogP contribution in [0, 0.1) is 13.8 Å². The van der Waals surface area contributed by atoms with Crippen LogP contribution in [0.15, 0.2) is 47.4 Å². The Balaban J connectivity index is 2.12. The summed E-state index contributed by atoms with van der Waals surface area (Å²) in [6, 6.07) is 11.6. The van der Waals surface area contributed by atoms with E-state index < -0.39 is 10.0 Å². The second-order valence-corrected chi connectivity index (χ2v) is 7.50. The predicted octanol–water partition coefficient (Wildman–Crippen LogP) is 2.18. The topological polar surface area (TPSA) is 101 Å². The number of rotatable bonds is 7. The zero-order valence-corrected chi connectivity index (χ0v) is 15.2. The predicted molar refractivity (Wildman–Crippen MR) is 99.2 cm³/mol. The van der Waals surface area contributed by atoms with Gasteiger partial charge in [0.1, 0.15) is 0 Å². The summed E-state index contributed by atoms with van der Waals surface area (Å²) >= 11 is 0. The lowest BCUT2D eigenvalue weighted by Crippen LogP contribution is -2.25. The van der Waals surface area contributed by atoms with Gasteiger partial charge in [-0.2, -0.15) is 0 Å². The van der Waals surface area contributed by atoms with Crippen molar-refractivity contribution in [1.82, 2.24) is 5.32 Å². The molecule has 0 fully saturated rings. The lowest BCUT2D eigenvalue weighted by molar-refractivity contribution is 0.0953. The van der Waals surface area contributed by atoms with Gasteiger partial charge in [0.25, 0.3) is 15.9 Å².